The Morgan fingerprint density at radius 2 is 1.96 bits per heavy atom. The molecule has 1 aliphatic heterocycles. The van der Waals surface area contributed by atoms with Crippen molar-refractivity contribution in [1.82, 2.24) is 0 Å². The second-order valence-electron chi connectivity index (χ2n) is 5.79. The first-order chi connectivity index (χ1) is 13.0. The van der Waals surface area contributed by atoms with E-state index >= 15 is 0 Å². The fourth-order valence-corrected chi connectivity index (χ4v) is 3.01. The lowest BCUT2D eigenvalue weighted by atomic mass is 10.2. The van der Waals surface area contributed by atoms with Crippen LogP contribution in [0.25, 0.3) is 0 Å². The Kier molecular flexibility index (Phi) is 5.71. The van der Waals surface area contributed by atoms with Gasteiger partial charge in [-0.25, -0.2) is 0 Å². The lowest BCUT2D eigenvalue weighted by molar-refractivity contribution is -0.121. The largest absolute Gasteiger partial charge is 0.495 e. The number of halogens is 1. The monoisotopic (exact) mass is 390 g/mol. The normalized spacial score (nSPS) is 12.9. The molecule has 2 amide bonds. The van der Waals surface area contributed by atoms with E-state index in [-0.39, 0.29) is 31.4 Å². The number of methoxy groups -OCH3 is 2. The molecule has 0 aliphatic carbocycles. The maximum Gasteiger partial charge on any atom is 0.265 e. The van der Waals surface area contributed by atoms with Crippen LogP contribution in [-0.2, 0) is 9.59 Å². The lowest BCUT2D eigenvalue weighted by Crippen LogP contribution is -2.40. The first-order valence-electron chi connectivity index (χ1n) is 8.27. The summed E-state index contributed by atoms with van der Waals surface area (Å²) >= 11 is 6.07. The molecule has 0 atom stereocenters. The summed E-state index contributed by atoms with van der Waals surface area (Å²) < 4.78 is 15.8. The SMILES string of the molecule is COc1cc(NC(=O)CCN2C(=O)COc3ccccc32)c(OC)cc1Cl. The van der Waals surface area contributed by atoms with E-state index in [4.69, 9.17) is 25.8 Å². The molecule has 0 spiro atoms. The lowest BCUT2D eigenvalue weighted by Gasteiger charge is -2.29. The van der Waals surface area contributed by atoms with Gasteiger partial charge < -0.3 is 24.4 Å². The van der Waals surface area contributed by atoms with E-state index in [1.807, 2.05) is 12.1 Å². The second-order valence-corrected chi connectivity index (χ2v) is 6.19. The molecule has 0 radical (unpaired) electrons. The van der Waals surface area contributed by atoms with Gasteiger partial charge in [-0.1, -0.05) is 23.7 Å². The molecular weight excluding hydrogens is 372 g/mol. The van der Waals surface area contributed by atoms with Gasteiger partial charge in [-0.3, -0.25) is 9.59 Å². The molecule has 0 saturated heterocycles. The molecule has 142 valence electrons. The molecule has 3 rings (SSSR count). The van der Waals surface area contributed by atoms with Gasteiger partial charge in [0, 0.05) is 25.1 Å². The molecule has 2 aromatic rings. The molecule has 0 saturated carbocycles. The Balaban J connectivity index is 1.70. The number of anilines is 2. The molecule has 0 unspecified atom stereocenters. The molecule has 8 heteroatoms. The van der Waals surface area contributed by atoms with Gasteiger partial charge in [-0.2, -0.15) is 0 Å². The van der Waals surface area contributed by atoms with Crippen LogP contribution in [0.2, 0.25) is 5.02 Å². The third-order valence-corrected chi connectivity index (χ3v) is 4.41. The van der Waals surface area contributed by atoms with E-state index in [1.54, 1.807) is 29.2 Å². The van der Waals surface area contributed by atoms with Crippen molar-refractivity contribution < 1.29 is 23.8 Å². The number of nitrogens with zero attached hydrogens (tertiary/aromatic N) is 1. The maximum absolute atomic E-state index is 12.4. The van der Waals surface area contributed by atoms with Crippen LogP contribution in [0.15, 0.2) is 36.4 Å². The summed E-state index contributed by atoms with van der Waals surface area (Å²) in [6, 6.07) is 10.4. The van der Waals surface area contributed by atoms with E-state index in [2.05, 4.69) is 5.32 Å². The first-order valence-corrected chi connectivity index (χ1v) is 8.65. The van der Waals surface area contributed by atoms with Crippen molar-refractivity contribution in [3.05, 3.63) is 41.4 Å². The van der Waals surface area contributed by atoms with Crippen molar-refractivity contribution in [3.8, 4) is 17.2 Å². The summed E-state index contributed by atoms with van der Waals surface area (Å²) in [4.78, 5) is 26.1. The third-order valence-electron chi connectivity index (χ3n) is 4.12. The van der Waals surface area contributed by atoms with Crippen LogP contribution in [0.5, 0.6) is 17.2 Å². The van der Waals surface area contributed by atoms with Crippen molar-refractivity contribution in [3.63, 3.8) is 0 Å². The van der Waals surface area contributed by atoms with Gasteiger partial charge in [-0.05, 0) is 12.1 Å². The number of carbonyl (C=O) groups is 2. The van der Waals surface area contributed by atoms with Gasteiger partial charge in [0.1, 0.15) is 17.2 Å². The Morgan fingerprint density at radius 3 is 2.70 bits per heavy atom. The Morgan fingerprint density at radius 1 is 1.22 bits per heavy atom. The summed E-state index contributed by atoms with van der Waals surface area (Å²) in [7, 11) is 2.97. The summed E-state index contributed by atoms with van der Waals surface area (Å²) in [5.74, 6) is 1.01. The number of amides is 2. The fourth-order valence-electron chi connectivity index (χ4n) is 2.78. The van der Waals surface area contributed by atoms with Gasteiger partial charge in [0.2, 0.25) is 5.91 Å². The van der Waals surface area contributed by atoms with Crippen molar-refractivity contribution >= 4 is 34.8 Å². The quantitative estimate of drug-likeness (QED) is 0.820. The van der Waals surface area contributed by atoms with Crippen molar-refractivity contribution in [2.45, 2.75) is 6.42 Å². The topological polar surface area (TPSA) is 77.1 Å². The highest BCUT2D eigenvalue weighted by Gasteiger charge is 2.25. The molecule has 0 bridgehead atoms. The number of nitrogens with one attached hydrogen (secondary N) is 1. The number of hydrogen-bond donors (Lipinski definition) is 1. The van der Waals surface area contributed by atoms with Gasteiger partial charge >= 0.3 is 0 Å². The van der Waals surface area contributed by atoms with Crippen LogP contribution < -0.4 is 24.4 Å². The zero-order chi connectivity index (χ0) is 19.4. The molecule has 0 aromatic heterocycles. The van der Waals surface area contributed by atoms with Crippen LogP contribution in [0.4, 0.5) is 11.4 Å². The van der Waals surface area contributed by atoms with Gasteiger partial charge in [-0.15, -0.1) is 0 Å². The highest BCUT2D eigenvalue weighted by Crippen LogP contribution is 2.36. The molecular formula is C19H19ClN2O5. The predicted molar refractivity (Wildman–Crippen MR) is 102 cm³/mol. The van der Waals surface area contributed by atoms with E-state index in [0.29, 0.717) is 33.6 Å². The zero-order valence-electron chi connectivity index (χ0n) is 15.0. The van der Waals surface area contributed by atoms with Gasteiger partial charge in [0.15, 0.2) is 6.61 Å². The minimum Gasteiger partial charge on any atom is -0.495 e. The number of ether oxygens (including phenoxy) is 3. The van der Waals surface area contributed by atoms with E-state index < -0.39 is 0 Å². The number of hydrogen-bond acceptors (Lipinski definition) is 5. The number of fused-ring (bicyclic) bond motifs is 1. The van der Waals surface area contributed by atoms with Crippen molar-refractivity contribution in [1.29, 1.82) is 0 Å². The molecule has 27 heavy (non-hydrogen) atoms. The highest BCUT2D eigenvalue weighted by atomic mass is 35.5. The second kappa shape index (κ2) is 8.18. The Labute approximate surface area is 161 Å². The molecule has 1 N–H and O–H groups in total. The third kappa shape index (κ3) is 4.09. The van der Waals surface area contributed by atoms with E-state index in [9.17, 15) is 9.59 Å². The smallest absolute Gasteiger partial charge is 0.265 e. The van der Waals surface area contributed by atoms with Crippen LogP contribution >= 0.6 is 11.6 Å². The average Bonchev–Trinajstić information content (AvgIpc) is 2.68. The first kappa shape index (κ1) is 18.8. The minimum absolute atomic E-state index is 0.0408. The predicted octanol–water partition coefficient (Wildman–Crippen LogP) is 3.11. The highest BCUT2D eigenvalue weighted by molar-refractivity contribution is 6.32. The molecule has 2 aromatic carbocycles. The van der Waals surface area contributed by atoms with Crippen molar-refractivity contribution in [2.24, 2.45) is 0 Å². The number of carbonyl (C=O) groups excluding carboxylic acids is 2. The molecule has 1 aliphatic rings. The average molecular weight is 391 g/mol. The maximum atomic E-state index is 12.4. The molecule has 0 fully saturated rings. The standard InChI is InChI=1S/C19H19ClN2O5/c1-25-16-10-13(17(26-2)9-12(16)20)21-18(23)7-8-22-14-5-3-4-6-15(14)27-11-19(22)24/h3-6,9-10H,7-8,11H2,1-2H3,(H,21,23). The van der Waals surface area contributed by atoms with Crippen LogP contribution in [0.1, 0.15) is 6.42 Å². The van der Waals surface area contributed by atoms with Crippen LogP contribution in [0, 0.1) is 0 Å². The Hall–Kier alpha value is -2.93. The Bertz CT molecular complexity index is 871. The number of benzene rings is 2. The minimum atomic E-state index is -0.269. The van der Waals surface area contributed by atoms with Crippen LogP contribution in [0.3, 0.4) is 0 Å². The number of para-hydroxylation sites is 2. The zero-order valence-corrected chi connectivity index (χ0v) is 15.7. The van der Waals surface area contributed by atoms with Gasteiger partial charge in [0.25, 0.3) is 5.91 Å². The summed E-state index contributed by atoms with van der Waals surface area (Å²) in [5, 5.41) is 3.15. The van der Waals surface area contributed by atoms with Gasteiger partial charge in [0.05, 0.1) is 30.6 Å². The number of rotatable bonds is 6. The summed E-state index contributed by atoms with van der Waals surface area (Å²) in [6.45, 7) is 0.193. The van der Waals surface area contributed by atoms with E-state index in [1.165, 1.54) is 14.2 Å². The summed E-state index contributed by atoms with van der Waals surface area (Å²) in [5.41, 5.74) is 1.10. The fraction of sp³-hybridized carbons (Fsp3) is 0.263. The van der Waals surface area contributed by atoms with E-state index in [0.717, 1.165) is 0 Å². The van der Waals surface area contributed by atoms with Crippen LogP contribution in [-0.4, -0.2) is 39.2 Å². The summed E-state index contributed by atoms with van der Waals surface area (Å²) in [6.07, 6.45) is 0.105. The molecule has 7 nitrogen and oxygen atoms in total. The molecule has 1 heterocycles. The van der Waals surface area contributed by atoms with Crippen molar-refractivity contribution in [2.75, 3.05) is 37.6 Å².